The number of carbonyl (C=O) groups excluding carboxylic acids is 1. The fourth-order valence-electron chi connectivity index (χ4n) is 2.47. The van der Waals surface area contributed by atoms with Gasteiger partial charge in [0.15, 0.2) is 4.80 Å². The van der Waals surface area contributed by atoms with E-state index in [1.807, 2.05) is 0 Å². The molecular weight excluding hydrogens is 433 g/mol. The smallest absolute Gasteiger partial charge is 0.286 e. The van der Waals surface area contributed by atoms with Crippen molar-refractivity contribution in [1.82, 2.24) is 4.57 Å². The van der Waals surface area contributed by atoms with Gasteiger partial charge >= 0.3 is 0 Å². The van der Waals surface area contributed by atoms with E-state index in [9.17, 15) is 14.9 Å². The van der Waals surface area contributed by atoms with Gasteiger partial charge in [0, 0.05) is 17.6 Å². The van der Waals surface area contributed by atoms with E-state index in [4.69, 9.17) is 34.8 Å². The molecule has 0 N–H and O–H groups in total. The summed E-state index contributed by atoms with van der Waals surface area (Å²) < 4.78 is 2.44. The first-order valence-corrected chi connectivity index (χ1v) is 9.39. The minimum absolute atomic E-state index is 0.195. The molecule has 0 saturated heterocycles. The van der Waals surface area contributed by atoms with Crippen LogP contribution in [0.1, 0.15) is 10.4 Å². The number of halogens is 3. The number of rotatable bonds is 4. The number of benzene rings is 2. The highest BCUT2D eigenvalue weighted by molar-refractivity contribution is 7.16. The largest absolute Gasteiger partial charge is 0.311 e. The van der Waals surface area contributed by atoms with Crippen molar-refractivity contribution in [2.75, 3.05) is 0 Å². The van der Waals surface area contributed by atoms with Crippen LogP contribution < -0.4 is 4.80 Å². The van der Waals surface area contributed by atoms with Crippen LogP contribution in [0.4, 0.5) is 5.69 Å². The molecule has 2 aromatic carbocycles. The molecule has 138 valence electrons. The molecule has 0 bridgehead atoms. The molecule has 0 saturated carbocycles. The number of nitrogens with zero attached hydrogens (tertiary/aromatic N) is 3. The van der Waals surface area contributed by atoms with Gasteiger partial charge in [-0.25, -0.2) is 0 Å². The highest BCUT2D eigenvalue weighted by Gasteiger charge is 2.21. The van der Waals surface area contributed by atoms with Gasteiger partial charge in [0.1, 0.15) is 5.56 Å². The number of carbonyl (C=O) groups is 1. The Kier molecular flexibility index (Phi) is 5.67. The molecule has 10 heteroatoms. The quantitative estimate of drug-likeness (QED) is 0.304. The van der Waals surface area contributed by atoms with E-state index in [0.29, 0.717) is 26.9 Å². The molecule has 3 rings (SSSR count). The number of amides is 1. The Morgan fingerprint density at radius 2 is 2.04 bits per heavy atom. The zero-order valence-corrected chi connectivity index (χ0v) is 16.6. The molecule has 0 unspecified atom stereocenters. The van der Waals surface area contributed by atoms with Crippen molar-refractivity contribution in [2.45, 2.75) is 6.54 Å². The van der Waals surface area contributed by atoms with Crippen molar-refractivity contribution >= 4 is 68.0 Å². The Morgan fingerprint density at radius 3 is 2.70 bits per heavy atom. The molecule has 0 fully saturated rings. The summed E-state index contributed by atoms with van der Waals surface area (Å²) in [5, 5.41) is 12.1. The third-order valence-corrected chi connectivity index (χ3v) is 5.70. The summed E-state index contributed by atoms with van der Waals surface area (Å²) in [6.07, 6.45) is 1.62. The Morgan fingerprint density at radius 1 is 1.30 bits per heavy atom. The van der Waals surface area contributed by atoms with E-state index in [1.165, 1.54) is 29.5 Å². The molecule has 27 heavy (non-hydrogen) atoms. The molecule has 0 aliphatic heterocycles. The first-order valence-electron chi connectivity index (χ1n) is 7.44. The van der Waals surface area contributed by atoms with Gasteiger partial charge in [-0.05, 0) is 24.3 Å². The van der Waals surface area contributed by atoms with E-state index in [1.54, 1.807) is 22.8 Å². The van der Waals surface area contributed by atoms with E-state index in [2.05, 4.69) is 11.6 Å². The molecule has 1 amide bonds. The van der Waals surface area contributed by atoms with Crippen LogP contribution in [0, 0.1) is 10.1 Å². The SMILES string of the molecule is C=CCn1c(=NC(=O)c2cc(Cl)ccc2[N+](=O)[O-])sc2ccc(Cl)c(Cl)c21. The van der Waals surface area contributed by atoms with Crippen LogP contribution in [0.2, 0.25) is 15.1 Å². The van der Waals surface area contributed by atoms with Gasteiger partial charge in [-0.3, -0.25) is 14.9 Å². The van der Waals surface area contributed by atoms with Crippen LogP contribution in [0.5, 0.6) is 0 Å². The molecule has 0 spiro atoms. The highest BCUT2D eigenvalue weighted by Crippen LogP contribution is 2.32. The van der Waals surface area contributed by atoms with Gasteiger partial charge in [-0.15, -0.1) is 6.58 Å². The van der Waals surface area contributed by atoms with E-state index < -0.39 is 10.8 Å². The van der Waals surface area contributed by atoms with Crippen molar-refractivity contribution in [3.63, 3.8) is 0 Å². The molecule has 0 atom stereocenters. The summed E-state index contributed by atoms with van der Waals surface area (Å²) >= 11 is 19.5. The Labute approximate surface area is 172 Å². The number of aromatic nitrogens is 1. The first-order chi connectivity index (χ1) is 12.8. The van der Waals surface area contributed by atoms with Crippen LogP contribution in [0.15, 0.2) is 48.0 Å². The maximum Gasteiger partial charge on any atom is 0.286 e. The average molecular weight is 443 g/mol. The van der Waals surface area contributed by atoms with Gasteiger partial charge in [0.25, 0.3) is 11.6 Å². The summed E-state index contributed by atoms with van der Waals surface area (Å²) in [4.78, 5) is 27.6. The third kappa shape index (κ3) is 3.77. The minimum atomic E-state index is -0.782. The number of hydrogen-bond acceptors (Lipinski definition) is 4. The number of nitro benzene ring substituents is 1. The standard InChI is InChI=1S/C17H10Cl3N3O3S/c1-2-7-22-15-13(6-4-11(19)14(15)20)27-17(22)21-16(24)10-8-9(18)3-5-12(10)23(25)26/h2-6,8H,1,7H2. The molecule has 0 aliphatic carbocycles. The normalized spacial score (nSPS) is 11.7. The lowest BCUT2D eigenvalue weighted by Gasteiger charge is -2.04. The maximum atomic E-state index is 12.7. The summed E-state index contributed by atoms with van der Waals surface area (Å²) in [6, 6.07) is 7.15. The molecule has 1 aromatic heterocycles. The van der Waals surface area contributed by atoms with Crippen LogP contribution in [-0.2, 0) is 6.54 Å². The van der Waals surface area contributed by atoms with Crippen molar-refractivity contribution in [2.24, 2.45) is 4.99 Å². The predicted octanol–water partition coefficient (Wildman–Crippen LogP) is 5.50. The number of hydrogen-bond donors (Lipinski definition) is 0. The number of allylic oxidation sites excluding steroid dienone is 1. The molecule has 0 aliphatic rings. The molecular formula is C17H10Cl3N3O3S. The lowest BCUT2D eigenvalue weighted by atomic mass is 10.2. The summed E-state index contributed by atoms with van der Waals surface area (Å²) in [7, 11) is 0. The molecule has 0 radical (unpaired) electrons. The first kappa shape index (κ1) is 19.6. The number of fused-ring (bicyclic) bond motifs is 1. The molecule has 3 aromatic rings. The second kappa shape index (κ2) is 7.82. The Hall–Kier alpha value is -2.19. The minimum Gasteiger partial charge on any atom is -0.311 e. The summed E-state index contributed by atoms with van der Waals surface area (Å²) in [5.41, 5.74) is 0.0473. The summed E-state index contributed by atoms with van der Waals surface area (Å²) in [5.74, 6) is -0.782. The van der Waals surface area contributed by atoms with Gasteiger partial charge < -0.3 is 4.57 Å². The fraction of sp³-hybridized carbons (Fsp3) is 0.0588. The van der Waals surface area contributed by atoms with Gasteiger partial charge in [0.2, 0.25) is 0 Å². The predicted molar refractivity (Wildman–Crippen MR) is 108 cm³/mol. The monoisotopic (exact) mass is 441 g/mol. The second-order valence-corrected chi connectivity index (χ2v) is 7.56. The van der Waals surface area contributed by atoms with Crippen molar-refractivity contribution in [3.8, 4) is 0 Å². The zero-order valence-electron chi connectivity index (χ0n) is 13.5. The maximum absolute atomic E-state index is 12.7. The Balaban J connectivity index is 2.25. The third-order valence-electron chi connectivity index (χ3n) is 3.63. The van der Waals surface area contributed by atoms with Crippen LogP contribution >= 0.6 is 46.1 Å². The van der Waals surface area contributed by atoms with Crippen molar-refractivity contribution in [3.05, 3.63) is 78.5 Å². The van der Waals surface area contributed by atoms with Crippen molar-refractivity contribution < 1.29 is 9.72 Å². The second-order valence-electron chi connectivity index (χ2n) is 5.33. The van der Waals surface area contributed by atoms with Crippen LogP contribution in [0.3, 0.4) is 0 Å². The van der Waals surface area contributed by atoms with Gasteiger partial charge in [-0.1, -0.05) is 52.2 Å². The lowest BCUT2D eigenvalue weighted by Crippen LogP contribution is -2.17. The van der Waals surface area contributed by atoms with Crippen molar-refractivity contribution in [1.29, 1.82) is 0 Å². The lowest BCUT2D eigenvalue weighted by molar-refractivity contribution is -0.385. The van der Waals surface area contributed by atoms with Gasteiger partial charge in [0.05, 0.1) is 25.2 Å². The van der Waals surface area contributed by atoms with E-state index in [-0.39, 0.29) is 16.3 Å². The number of thiazole rings is 1. The Bertz CT molecular complexity index is 1170. The highest BCUT2D eigenvalue weighted by atomic mass is 35.5. The van der Waals surface area contributed by atoms with E-state index >= 15 is 0 Å². The van der Waals surface area contributed by atoms with Gasteiger partial charge in [-0.2, -0.15) is 4.99 Å². The average Bonchev–Trinajstić information content (AvgIpc) is 2.96. The van der Waals surface area contributed by atoms with Crippen LogP contribution in [0.25, 0.3) is 10.2 Å². The van der Waals surface area contributed by atoms with Crippen LogP contribution in [-0.4, -0.2) is 15.4 Å². The topological polar surface area (TPSA) is 77.5 Å². The number of nitro groups is 1. The zero-order chi connectivity index (χ0) is 19.7. The molecule has 1 heterocycles. The van der Waals surface area contributed by atoms with E-state index in [0.717, 1.165) is 4.70 Å². The summed E-state index contributed by atoms with van der Waals surface area (Å²) in [6.45, 7) is 4.02. The molecule has 6 nitrogen and oxygen atoms in total. The fourth-order valence-corrected chi connectivity index (χ4v) is 4.17.